The summed E-state index contributed by atoms with van der Waals surface area (Å²) in [6.07, 6.45) is 7.01. The van der Waals surface area contributed by atoms with Crippen molar-refractivity contribution in [2.45, 2.75) is 25.3 Å². The van der Waals surface area contributed by atoms with Crippen LogP contribution in [0.4, 0.5) is 23.0 Å². The van der Waals surface area contributed by atoms with Crippen LogP contribution in [0.15, 0.2) is 54.9 Å². The van der Waals surface area contributed by atoms with Gasteiger partial charge in [0.25, 0.3) is 5.69 Å². The lowest BCUT2D eigenvalue weighted by atomic mass is 9.99. The molecule has 0 aliphatic carbocycles. The molecule has 2 aliphatic rings. The third kappa shape index (κ3) is 4.41. The van der Waals surface area contributed by atoms with Gasteiger partial charge in [-0.15, -0.1) is 0 Å². The van der Waals surface area contributed by atoms with Crippen LogP contribution in [0.3, 0.4) is 0 Å². The molecule has 0 bridgehead atoms. The number of para-hydroxylation sites is 1. The Bertz CT molecular complexity index is 1490. The first kappa shape index (κ1) is 24.2. The van der Waals surface area contributed by atoms with Crippen molar-refractivity contribution >= 4 is 33.9 Å². The fourth-order valence-corrected chi connectivity index (χ4v) is 5.64. The molecule has 10 nitrogen and oxygen atoms in total. The molecule has 196 valence electrons. The van der Waals surface area contributed by atoms with E-state index in [4.69, 9.17) is 9.72 Å². The van der Waals surface area contributed by atoms with Crippen molar-refractivity contribution < 1.29 is 9.66 Å². The van der Waals surface area contributed by atoms with E-state index in [1.165, 1.54) is 25.6 Å². The fraction of sp³-hybridized carbons (Fsp3) is 0.357. The Balaban J connectivity index is 1.29. The molecule has 2 aromatic carbocycles. The van der Waals surface area contributed by atoms with E-state index in [2.05, 4.69) is 36.8 Å². The Morgan fingerprint density at radius 1 is 1.11 bits per heavy atom. The van der Waals surface area contributed by atoms with Gasteiger partial charge in [0.2, 0.25) is 5.95 Å². The second-order valence-corrected chi connectivity index (χ2v) is 9.97. The number of nitro benzene ring substituents is 1. The van der Waals surface area contributed by atoms with Crippen molar-refractivity contribution in [2.75, 3.05) is 43.5 Å². The molecule has 2 aromatic heterocycles. The highest BCUT2D eigenvalue weighted by atomic mass is 16.6. The Hall–Kier alpha value is -4.18. The first-order valence-electron chi connectivity index (χ1n) is 13.0. The van der Waals surface area contributed by atoms with Crippen molar-refractivity contribution in [3.63, 3.8) is 0 Å². The summed E-state index contributed by atoms with van der Waals surface area (Å²) in [7, 11) is 3.57. The number of benzene rings is 2. The SMILES string of the molecule is COc1cc(N2CCC(N3CCC3)CC2)c([N+](=O)[O-])cc1Nc1nccc(-c2cn(C)c3ccccc23)n1. The summed E-state index contributed by atoms with van der Waals surface area (Å²) in [5, 5.41) is 16.4. The number of likely N-dealkylation sites (tertiary alicyclic amines) is 1. The smallest absolute Gasteiger partial charge is 0.294 e. The van der Waals surface area contributed by atoms with Crippen molar-refractivity contribution in [3.05, 3.63) is 65.0 Å². The average molecular weight is 514 g/mol. The molecule has 0 amide bonds. The molecule has 0 atom stereocenters. The third-order valence-electron chi connectivity index (χ3n) is 7.78. The van der Waals surface area contributed by atoms with E-state index in [-0.39, 0.29) is 10.6 Å². The minimum atomic E-state index is -0.325. The van der Waals surface area contributed by atoms with E-state index < -0.39 is 0 Å². The summed E-state index contributed by atoms with van der Waals surface area (Å²) < 4.78 is 7.73. The molecule has 38 heavy (non-hydrogen) atoms. The van der Waals surface area contributed by atoms with E-state index >= 15 is 0 Å². The zero-order valence-electron chi connectivity index (χ0n) is 21.6. The van der Waals surface area contributed by atoms with E-state index in [0.29, 0.717) is 29.1 Å². The van der Waals surface area contributed by atoms with Gasteiger partial charge >= 0.3 is 0 Å². The van der Waals surface area contributed by atoms with E-state index in [1.54, 1.807) is 19.4 Å². The molecule has 6 rings (SSSR count). The van der Waals surface area contributed by atoms with Gasteiger partial charge in [0.05, 0.1) is 23.4 Å². The Labute approximate surface area is 221 Å². The van der Waals surface area contributed by atoms with Crippen LogP contribution in [0.5, 0.6) is 5.75 Å². The number of aromatic nitrogens is 3. The molecule has 4 heterocycles. The number of piperidine rings is 1. The van der Waals surface area contributed by atoms with Crippen LogP contribution in [0.25, 0.3) is 22.2 Å². The summed E-state index contributed by atoms with van der Waals surface area (Å²) in [4.78, 5) is 25.5. The summed E-state index contributed by atoms with van der Waals surface area (Å²) in [6, 6.07) is 13.9. The van der Waals surface area contributed by atoms with Gasteiger partial charge in [0.15, 0.2) is 0 Å². The fourth-order valence-electron chi connectivity index (χ4n) is 5.64. The quantitative estimate of drug-likeness (QED) is 0.273. The number of rotatable bonds is 7. The number of anilines is 3. The third-order valence-corrected chi connectivity index (χ3v) is 7.78. The molecule has 0 radical (unpaired) electrons. The molecule has 0 spiro atoms. The van der Waals surface area contributed by atoms with Crippen LogP contribution in [0, 0.1) is 10.1 Å². The van der Waals surface area contributed by atoms with Crippen molar-refractivity contribution in [1.82, 2.24) is 19.4 Å². The van der Waals surface area contributed by atoms with E-state index in [9.17, 15) is 10.1 Å². The normalized spacial score (nSPS) is 16.4. The van der Waals surface area contributed by atoms with Gasteiger partial charge in [-0.3, -0.25) is 10.1 Å². The van der Waals surface area contributed by atoms with Crippen LogP contribution in [0.2, 0.25) is 0 Å². The highest BCUT2D eigenvalue weighted by molar-refractivity contribution is 5.95. The molecule has 0 saturated carbocycles. The first-order chi connectivity index (χ1) is 18.5. The molecule has 4 aromatic rings. The minimum absolute atomic E-state index is 0.0425. The number of ether oxygens (including phenoxy) is 1. The monoisotopic (exact) mass is 513 g/mol. The lowest BCUT2D eigenvalue weighted by molar-refractivity contribution is -0.384. The summed E-state index contributed by atoms with van der Waals surface area (Å²) in [5.74, 6) is 0.848. The average Bonchev–Trinajstić information content (AvgIpc) is 3.25. The zero-order valence-corrected chi connectivity index (χ0v) is 21.6. The molecule has 0 unspecified atom stereocenters. The topological polar surface area (TPSA) is 102 Å². The van der Waals surface area contributed by atoms with Crippen molar-refractivity contribution in [2.24, 2.45) is 7.05 Å². The van der Waals surface area contributed by atoms with Crippen molar-refractivity contribution in [3.8, 4) is 17.0 Å². The van der Waals surface area contributed by atoms with E-state index in [1.807, 2.05) is 31.4 Å². The predicted molar refractivity (Wildman–Crippen MR) is 148 cm³/mol. The molecule has 1 N–H and O–H groups in total. The van der Waals surface area contributed by atoms with Crippen LogP contribution in [-0.4, -0.2) is 63.7 Å². The van der Waals surface area contributed by atoms with Gasteiger partial charge in [-0.2, -0.15) is 0 Å². The van der Waals surface area contributed by atoms with Gasteiger partial charge in [0, 0.05) is 67.2 Å². The second kappa shape index (κ2) is 9.94. The summed E-state index contributed by atoms with van der Waals surface area (Å²) in [6.45, 7) is 3.91. The van der Waals surface area contributed by atoms with Crippen molar-refractivity contribution in [1.29, 1.82) is 0 Å². The predicted octanol–water partition coefficient (Wildman–Crippen LogP) is 4.97. The molecular formula is C28H31N7O3. The van der Waals surface area contributed by atoms with Crippen LogP contribution >= 0.6 is 0 Å². The highest BCUT2D eigenvalue weighted by Gasteiger charge is 2.31. The number of nitrogens with zero attached hydrogens (tertiary/aromatic N) is 6. The number of nitro groups is 1. The Kier molecular flexibility index (Phi) is 6.32. The number of nitrogens with one attached hydrogen (secondary N) is 1. The molecule has 2 fully saturated rings. The van der Waals surface area contributed by atoms with Gasteiger partial charge < -0.3 is 24.4 Å². The van der Waals surface area contributed by atoms with Gasteiger partial charge in [-0.1, -0.05) is 18.2 Å². The number of hydrogen-bond acceptors (Lipinski definition) is 8. The first-order valence-corrected chi connectivity index (χ1v) is 13.0. The molecule has 2 aliphatic heterocycles. The second-order valence-electron chi connectivity index (χ2n) is 9.97. The maximum absolute atomic E-state index is 12.1. The maximum Gasteiger partial charge on any atom is 0.294 e. The highest BCUT2D eigenvalue weighted by Crippen LogP contribution is 2.40. The van der Waals surface area contributed by atoms with Gasteiger partial charge in [-0.25, -0.2) is 9.97 Å². The summed E-state index contributed by atoms with van der Waals surface area (Å²) >= 11 is 0. The lowest BCUT2D eigenvalue weighted by Gasteiger charge is -2.43. The number of methoxy groups -OCH3 is 1. The Morgan fingerprint density at radius 2 is 1.89 bits per heavy atom. The molecule has 10 heteroatoms. The van der Waals surface area contributed by atoms with Crippen LogP contribution in [-0.2, 0) is 7.05 Å². The minimum Gasteiger partial charge on any atom is -0.494 e. The number of fused-ring (bicyclic) bond motifs is 1. The van der Waals surface area contributed by atoms with Gasteiger partial charge in [0.1, 0.15) is 11.4 Å². The standard InChI is InChI=1S/C28H31N7O3/c1-32-18-21(20-6-3-4-7-24(20)32)22-8-11-29-28(30-22)31-23-16-26(35(36)37)25(17-27(23)38-2)34-14-9-19(10-15-34)33-12-5-13-33/h3-4,6-8,11,16-19H,5,9-10,12-15H2,1-2H3,(H,29,30,31). The summed E-state index contributed by atoms with van der Waals surface area (Å²) in [5.41, 5.74) is 3.94. The number of aryl methyl sites for hydroxylation is 1. The maximum atomic E-state index is 12.1. The van der Waals surface area contributed by atoms with Crippen LogP contribution < -0.4 is 15.0 Å². The number of hydrogen-bond donors (Lipinski definition) is 1. The zero-order chi connectivity index (χ0) is 26.2. The van der Waals surface area contributed by atoms with Crippen LogP contribution in [0.1, 0.15) is 19.3 Å². The molecule has 2 saturated heterocycles. The largest absolute Gasteiger partial charge is 0.494 e. The van der Waals surface area contributed by atoms with Gasteiger partial charge in [-0.05, 0) is 44.5 Å². The van der Waals surface area contributed by atoms with E-state index in [0.717, 1.165) is 48.1 Å². The molecular weight excluding hydrogens is 482 g/mol. The lowest BCUT2D eigenvalue weighted by Crippen LogP contribution is -2.50. The Morgan fingerprint density at radius 3 is 2.61 bits per heavy atom.